The van der Waals surface area contributed by atoms with Crippen LogP contribution in [0, 0.1) is 26.7 Å². The van der Waals surface area contributed by atoms with E-state index in [2.05, 4.69) is 54.9 Å². The largest absolute Gasteiger partial charge is 0.314 e. The number of carbonyl (C=O) groups is 1. The van der Waals surface area contributed by atoms with Gasteiger partial charge < -0.3 is 5.32 Å². The van der Waals surface area contributed by atoms with E-state index in [9.17, 15) is 4.79 Å². The third kappa shape index (κ3) is 5.68. The summed E-state index contributed by atoms with van der Waals surface area (Å²) in [6, 6.07) is 6.17. The fourth-order valence-electron chi connectivity index (χ4n) is 3.76. The highest BCUT2D eigenvalue weighted by atomic mass is 16.1. The zero-order valence-electron chi connectivity index (χ0n) is 19.4. The van der Waals surface area contributed by atoms with Gasteiger partial charge in [-0.05, 0) is 69.4 Å². The number of nitrogens with zero attached hydrogens (tertiary/aromatic N) is 3. The Morgan fingerprint density at radius 1 is 1.10 bits per heavy atom. The van der Waals surface area contributed by atoms with Gasteiger partial charge in [0.2, 0.25) is 5.91 Å². The maximum Gasteiger partial charge on any atom is 0.228 e. The second-order valence-electron chi connectivity index (χ2n) is 7.79. The molecule has 0 bridgehead atoms. The fourth-order valence-corrected chi connectivity index (χ4v) is 3.76. The summed E-state index contributed by atoms with van der Waals surface area (Å²) in [7, 11) is 0. The molecule has 1 fully saturated rings. The zero-order chi connectivity index (χ0) is 22.3. The number of hydrogen-bond donors (Lipinski definition) is 1. The van der Waals surface area contributed by atoms with Gasteiger partial charge >= 0.3 is 0 Å². The highest BCUT2D eigenvalue weighted by Crippen LogP contribution is 2.26. The van der Waals surface area contributed by atoms with Gasteiger partial charge in [0.1, 0.15) is 5.84 Å². The Hall–Kier alpha value is -2.69. The van der Waals surface area contributed by atoms with Crippen LogP contribution in [-0.2, 0) is 4.79 Å². The molecule has 0 atom stereocenters. The molecule has 2 aromatic rings. The number of hydrogen-bond acceptors (Lipinski definition) is 3. The van der Waals surface area contributed by atoms with Crippen LogP contribution < -0.4 is 5.32 Å². The van der Waals surface area contributed by atoms with Crippen molar-refractivity contribution in [3.63, 3.8) is 0 Å². The van der Waals surface area contributed by atoms with Gasteiger partial charge in [0.05, 0.1) is 11.4 Å². The van der Waals surface area contributed by atoms with Crippen molar-refractivity contribution >= 4 is 23.6 Å². The summed E-state index contributed by atoms with van der Waals surface area (Å²) in [5.41, 5.74) is 5.32. The Labute approximate surface area is 181 Å². The molecule has 3 rings (SSSR count). The summed E-state index contributed by atoms with van der Waals surface area (Å²) < 4.78 is 1.83. The molecule has 5 nitrogen and oxygen atoms in total. The second-order valence-corrected chi connectivity index (χ2v) is 7.79. The van der Waals surface area contributed by atoms with Crippen LogP contribution in [0.5, 0.6) is 0 Å². The molecule has 0 unspecified atom stereocenters. The molecule has 1 amide bonds. The van der Waals surface area contributed by atoms with Gasteiger partial charge in [-0.2, -0.15) is 5.10 Å². The van der Waals surface area contributed by atoms with E-state index in [1.807, 2.05) is 31.5 Å². The Bertz CT molecular complexity index is 917. The number of rotatable bonds is 4. The standard InChI is InChI=1S/C23H30N4O.C2H6/c1-6-20-14-22(24-18(5)25-23(28)19-10-8-7-9-11-19)27(26-20)21-13-16(3)15(2)12-17(21)4;1-2/h6,12-14,19H,1,7-11H2,2-5H3,(H,24,25,28);1-2H3. The molecule has 0 aliphatic heterocycles. The molecule has 0 spiro atoms. The summed E-state index contributed by atoms with van der Waals surface area (Å²) >= 11 is 0. The molecule has 1 aromatic carbocycles. The van der Waals surface area contributed by atoms with Crippen LogP contribution in [0.2, 0.25) is 0 Å². The van der Waals surface area contributed by atoms with Crippen molar-refractivity contribution in [1.82, 2.24) is 15.1 Å². The number of nitrogens with one attached hydrogen (secondary N) is 1. The van der Waals surface area contributed by atoms with Crippen LogP contribution in [0.3, 0.4) is 0 Å². The van der Waals surface area contributed by atoms with Gasteiger partial charge in [0.15, 0.2) is 5.82 Å². The van der Waals surface area contributed by atoms with Crippen molar-refractivity contribution in [2.75, 3.05) is 0 Å². The van der Waals surface area contributed by atoms with E-state index in [1.165, 1.54) is 17.5 Å². The van der Waals surface area contributed by atoms with Crippen molar-refractivity contribution in [2.24, 2.45) is 10.9 Å². The topological polar surface area (TPSA) is 59.3 Å². The molecule has 0 saturated heterocycles. The van der Waals surface area contributed by atoms with Crippen molar-refractivity contribution in [3.05, 3.63) is 47.2 Å². The van der Waals surface area contributed by atoms with Crippen LogP contribution in [0.25, 0.3) is 11.8 Å². The van der Waals surface area contributed by atoms with Gasteiger partial charge in [-0.3, -0.25) is 4.79 Å². The molecule has 0 radical (unpaired) electrons. The molecule has 1 aliphatic rings. The Balaban J connectivity index is 0.00000155. The second kappa shape index (κ2) is 10.9. The van der Waals surface area contributed by atoms with Crippen LogP contribution in [0.4, 0.5) is 5.82 Å². The Morgan fingerprint density at radius 2 is 1.73 bits per heavy atom. The monoisotopic (exact) mass is 408 g/mol. The Kier molecular flexibility index (Phi) is 8.58. The minimum absolute atomic E-state index is 0.0818. The molecule has 162 valence electrons. The first-order valence-corrected chi connectivity index (χ1v) is 11.1. The smallest absolute Gasteiger partial charge is 0.228 e. The van der Waals surface area contributed by atoms with E-state index in [-0.39, 0.29) is 11.8 Å². The molecule has 1 aliphatic carbocycles. The van der Waals surface area contributed by atoms with Gasteiger partial charge in [-0.15, -0.1) is 0 Å². The first kappa shape index (κ1) is 23.6. The van der Waals surface area contributed by atoms with Crippen molar-refractivity contribution in [2.45, 2.75) is 73.6 Å². The van der Waals surface area contributed by atoms with Crippen LogP contribution in [0.15, 0.2) is 29.8 Å². The van der Waals surface area contributed by atoms with E-state index >= 15 is 0 Å². The predicted octanol–water partition coefficient (Wildman–Crippen LogP) is 6.21. The number of aromatic nitrogens is 2. The molecule has 1 saturated carbocycles. The third-order valence-corrected chi connectivity index (χ3v) is 5.52. The number of amides is 1. The molecule has 1 aromatic heterocycles. The highest BCUT2D eigenvalue weighted by Gasteiger charge is 2.21. The van der Waals surface area contributed by atoms with Crippen molar-refractivity contribution in [3.8, 4) is 5.69 Å². The SMILES string of the molecule is C=Cc1cc(/N=C(\C)NC(=O)C2CCCCC2)n(-c2cc(C)c(C)cc2C)n1.CC. The average molecular weight is 409 g/mol. The number of benzene rings is 1. The summed E-state index contributed by atoms with van der Waals surface area (Å²) in [5.74, 6) is 1.46. The van der Waals surface area contributed by atoms with E-state index in [0.717, 1.165) is 42.6 Å². The minimum Gasteiger partial charge on any atom is -0.314 e. The lowest BCUT2D eigenvalue weighted by Gasteiger charge is -2.20. The first-order chi connectivity index (χ1) is 14.4. The van der Waals surface area contributed by atoms with Gasteiger partial charge in [-0.25, -0.2) is 9.67 Å². The fraction of sp³-hybridized carbons (Fsp3) is 0.480. The van der Waals surface area contributed by atoms with Gasteiger partial charge in [0, 0.05) is 12.0 Å². The lowest BCUT2D eigenvalue weighted by molar-refractivity contribution is -0.124. The Morgan fingerprint density at radius 3 is 2.37 bits per heavy atom. The van der Waals surface area contributed by atoms with Crippen LogP contribution in [-0.4, -0.2) is 21.5 Å². The maximum absolute atomic E-state index is 12.5. The normalized spacial score (nSPS) is 14.7. The van der Waals surface area contributed by atoms with E-state index in [1.54, 1.807) is 6.08 Å². The number of aliphatic imine (C=N–C) groups is 1. The van der Waals surface area contributed by atoms with Crippen LogP contribution in [0.1, 0.15) is 75.3 Å². The van der Waals surface area contributed by atoms with Gasteiger partial charge in [0.25, 0.3) is 0 Å². The minimum atomic E-state index is 0.0818. The lowest BCUT2D eigenvalue weighted by Crippen LogP contribution is -2.35. The number of aryl methyl sites for hydroxylation is 3. The zero-order valence-corrected chi connectivity index (χ0v) is 19.4. The predicted molar refractivity (Wildman–Crippen MR) is 127 cm³/mol. The molecular formula is C25H36N4O. The molecule has 1 heterocycles. The van der Waals surface area contributed by atoms with E-state index < -0.39 is 0 Å². The van der Waals surface area contributed by atoms with E-state index in [0.29, 0.717) is 11.7 Å². The van der Waals surface area contributed by atoms with Gasteiger partial charge in [-0.1, -0.05) is 45.8 Å². The summed E-state index contributed by atoms with van der Waals surface area (Å²) in [6.45, 7) is 15.9. The highest BCUT2D eigenvalue weighted by molar-refractivity contribution is 5.98. The average Bonchev–Trinajstić information content (AvgIpc) is 3.15. The molecular weight excluding hydrogens is 372 g/mol. The lowest BCUT2D eigenvalue weighted by atomic mass is 9.89. The maximum atomic E-state index is 12.5. The summed E-state index contributed by atoms with van der Waals surface area (Å²) in [6.07, 6.45) is 7.15. The molecule has 5 heteroatoms. The third-order valence-electron chi connectivity index (χ3n) is 5.52. The summed E-state index contributed by atoms with van der Waals surface area (Å²) in [5, 5.41) is 7.61. The van der Waals surface area contributed by atoms with Crippen molar-refractivity contribution in [1.29, 1.82) is 0 Å². The summed E-state index contributed by atoms with van der Waals surface area (Å²) in [4.78, 5) is 17.2. The first-order valence-electron chi connectivity index (χ1n) is 11.1. The van der Waals surface area contributed by atoms with E-state index in [4.69, 9.17) is 0 Å². The molecule has 1 N–H and O–H groups in total. The van der Waals surface area contributed by atoms with Crippen molar-refractivity contribution < 1.29 is 4.79 Å². The number of amidine groups is 1. The number of carbonyl (C=O) groups excluding carboxylic acids is 1. The van der Waals surface area contributed by atoms with Crippen LogP contribution >= 0.6 is 0 Å². The molecule has 30 heavy (non-hydrogen) atoms. The quantitative estimate of drug-likeness (QED) is 0.483.